The van der Waals surface area contributed by atoms with Gasteiger partial charge in [-0.3, -0.25) is 4.57 Å². The van der Waals surface area contributed by atoms with Crippen molar-refractivity contribution >= 4 is 9.84 Å². The molecule has 1 aromatic heterocycles. The van der Waals surface area contributed by atoms with Gasteiger partial charge in [-0.1, -0.05) is 42.5 Å². The largest absolute Gasteiger partial charge is 0.495 e. The molecule has 164 valence electrons. The Morgan fingerprint density at radius 2 is 1.94 bits per heavy atom. The van der Waals surface area contributed by atoms with Gasteiger partial charge in [0.1, 0.15) is 17.6 Å². The van der Waals surface area contributed by atoms with E-state index in [1.165, 1.54) is 0 Å². The predicted molar refractivity (Wildman–Crippen MR) is 118 cm³/mol. The Morgan fingerprint density at radius 3 is 2.61 bits per heavy atom. The van der Waals surface area contributed by atoms with Crippen molar-refractivity contribution in [1.82, 2.24) is 14.8 Å². The standard InChI is InChI=1S/C23H27N3O4S/c1-16-9-7-12-19(29-3)22(16)26-21(24-25-23(26)20-13-8-14-30-20)15-31(27,28)17(2)18-10-5-4-6-11-18/h4-7,9-12,17,20H,8,13-15H2,1-3H3/t17-,20+/m1/s1. The smallest absolute Gasteiger partial charge is 0.167 e. The Labute approximate surface area is 183 Å². The van der Waals surface area contributed by atoms with Crippen LogP contribution in [0.5, 0.6) is 5.75 Å². The van der Waals surface area contributed by atoms with Crippen LogP contribution in [0.4, 0.5) is 0 Å². The number of hydrogen-bond donors (Lipinski definition) is 0. The van der Waals surface area contributed by atoms with E-state index in [1.807, 2.05) is 60.0 Å². The summed E-state index contributed by atoms with van der Waals surface area (Å²) < 4.78 is 39.9. The van der Waals surface area contributed by atoms with E-state index in [0.29, 0.717) is 24.0 Å². The molecular weight excluding hydrogens is 414 g/mol. The van der Waals surface area contributed by atoms with E-state index in [9.17, 15) is 8.42 Å². The monoisotopic (exact) mass is 441 g/mol. The lowest BCUT2D eigenvalue weighted by atomic mass is 10.1. The van der Waals surface area contributed by atoms with Crippen LogP contribution in [0.15, 0.2) is 48.5 Å². The van der Waals surface area contributed by atoms with Gasteiger partial charge in [-0.25, -0.2) is 8.42 Å². The van der Waals surface area contributed by atoms with Gasteiger partial charge in [-0.2, -0.15) is 0 Å². The highest BCUT2D eigenvalue weighted by atomic mass is 32.2. The van der Waals surface area contributed by atoms with Crippen LogP contribution in [0.2, 0.25) is 0 Å². The van der Waals surface area contributed by atoms with Crippen molar-refractivity contribution < 1.29 is 17.9 Å². The Bertz CT molecular complexity index is 1150. The van der Waals surface area contributed by atoms with Crippen LogP contribution in [0.3, 0.4) is 0 Å². The van der Waals surface area contributed by atoms with Gasteiger partial charge in [0.25, 0.3) is 0 Å². The first kappa shape index (κ1) is 21.5. The van der Waals surface area contributed by atoms with Crippen LogP contribution in [-0.2, 0) is 20.3 Å². The highest BCUT2D eigenvalue weighted by Crippen LogP contribution is 2.35. The molecule has 2 atom stereocenters. The second-order valence-corrected chi connectivity index (χ2v) is 10.1. The van der Waals surface area contributed by atoms with Gasteiger partial charge in [0, 0.05) is 6.61 Å². The van der Waals surface area contributed by atoms with E-state index in [1.54, 1.807) is 14.0 Å². The summed E-state index contributed by atoms with van der Waals surface area (Å²) in [5.74, 6) is 1.37. The number of hydrogen-bond acceptors (Lipinski definition) is 6. The van der Waals surface area contributed by atoms with Crippen molar-refractivity contribution in [3.63, 3.8) is 0 Å². The summed E-state index contributed by atoms with van der Waals surface area (Å²) >= 11 is 0. The third-order valence-electron chi connectivity index (χ3n) is 5.75. The predicted octanol–water partition coefficient (Wildman–Crippen LogP) is 4.11. The zero-order valence-corrected chi connectivity index (χ0v) is 18.8. The fraction of sp³-hybridized carbons (Fsp3) is 0.391. The number of aryl methyl sites for hydroxylation is 1. The van der Waals surface area contributed by atoms with E-state index in [0.717, 1.165) is 29.7 Å². The summed E-state index contributed by atoms with van der Waals surface area (Å²) in [5, 5.41) is 8.03. The summed E-state index contributed by atoms with van der Waals surface area (Å²) in [6, 6.07) is 14.9. The molecule has 0 saturated carbocycles. The minimum Gasteiger partial charge on any atom is -0.495 e. The van der Waals surface area contributed by atoms with Crippen LogP contribution >= 0.6 is 0 Å². The molecule has 2 heterocycles. The van der Waals surface area contributed by atoms with E-state index in [-0.39, 0.29) is 11.9 Å². The first-order valence-electron chi connectivity index (χ1n) is 10.4. The molecular formula is C23H27N3O4S. The zero-order chi connectivity index (χ0) is 22.0. The molecule has 0 bridgehead atoms. The number of rotatable bonds is 7. The van der Waals surface area contributed by atoms with Crippen LogP contribution in [0.1, 0.15) is 53.9 Å². The molecule has 1 saturated heterocycles. The van der Waals surface area contributed by atoms with Crippen LogP contribution in [0.25, 0.3) is 5.69 Å². The first-order valence-corrected chi connectivity index (χ1v) is 12.1. The van der Waals surface area contributed by atoms with Gasteiger partial charge >= 0.3 is 0 Å². The SMILES string of the molecule is COc1cccc(C)c1-n1c(CS(=O)(=O)[C@H](C)c2ccccc2)nnc1[C@@H]1CCCO1. The van der Waals surface area contributed by atoms with Gasteiger partial charge in [0.2, 0.25) is 0 Å². The van der Waals surface area contributed by atoms with Crippen LogP contribution in [-0.4, -0.2) is 36.9 Å². The topological polar surface area (TPSA) is 83.3 Å². The molecule has 31 heavy (non-hydrogen) atoms. The summed E-state index contributed by atoms with van der Waals surface area (Å²) in [5.41, 5.74) is 2.44. The molecule has 3 aromatic rings. The van der Waals surface area contributed by atoms with Gasteiger partial charge in [0.15, 0.2) is 21.5 Å². The normalized spacial score (nSPS) is 17.6. The number of para-hydroxylation sites is 1. The molecule has 0 unspecified atom stereocenters. The molecule has 0 amide bonds. The first-order chi connectivity index (χ1) is 14.9. The zero-order valence-electron chi connectivity index (χ0n) is 18.0. The van der Waals surface area contributed by atoms with Crippen molar-refractivity contribution in [3.8, 4) is 11.4 Å². The summed E-state index contributed by atoms with van der Waals surface area (Å²) in [7, 11) is -1.94. The number of ether oxygens (including phenoxy) is 2. The lowest BCUT2D eigenvalue weighted by Crippen LogP contribution is -2.18. The molecule has 1 aliphatic heterocycles. The van der Waals surface area contributed by atoms with Gasteiger partial charge in [-0.05, 0) is 43.9 Å². The number of benzene rings is 2. The van der Waals surface area contributed by atoms with Gasteiger partial charge in [-0.15, -0.1) is 10.2 Å². The Balaban J connectivity index is 1.81. The van der Waals surface area contributed by atoms with E-state index >= 15 is 0 Å². The second kappa shape index (κ2) is 8.80. The van der Waals surface area contributed by atoms with Crippen molar-refractivity contribution in [3.05, 3.63) is 71.3 Å². The number of sulfone groups is 1. The van der Waals surface area contributed by atoms with E-state index in [4.69, 9.17) is 9.47 Å². The Morgan fingerprint density at radius 1 is 1.16 bits per heavy atom. The molecule has 0 radical (unpaired) electrons. The highest BCUT2D eigenvalue weighted by molar-refractivity contribution is 7.90. The number of aromatic nitrogens is 3. The van der Waals surface area contributed by atoms with Crippen molar-refractivity contribution in [1.29, 1.82) is 0 Å². The van der Waals surface area contributed by atoms with Gasteiger partial charge in [0.05, 0.1) is 18.0 Å². The molecule has 2 aromatic carbocycles. The van der Waals surface area contributed by atoms with Crippen molar-refractivity contribution in [2.75, 3.05) is 13.7 Å². The highest BCUT2D eigenvalue weighted by Gasteiger charge is 2.31. The molecule has 0 N–H and O–H groups in total. The van der Waals surface area contributed by atoms with E-state index in [2.05, 4.69) is 10.2 Å². The van der Waals surface area contributed by atoms with E-state index < -0.39 is 15.1 Å². The van der Waals surface area contributed by atoms with Crippen molar-refractivity contribution in [2.45, 2.75) is 43.8 Å². The van der Waals surface area contributed by atoms with Gasteiger partial charge < -0.3 is 9.47 Å². The molecule has 1 aliphatic rings. The number of nitrogens with zero attached hydrogens (tertiary/aromatic N) is 3. The second-order valence-electron chi connectivity index (χ2n) is 7.80. The maximum Gasteiger partial charge on any atom is 0.167 e. The van der Waals surface area contributed by atoms with Crippen molar-refractivity contribution in [2.24, 2.45) is 0 Å². The summed E-state index contributed by atoms with van der Waals surface area (Å²) in [6.45, 7) is 4.32. The lowest BCUT2D eigenvalue weighted by Gasteiger charge is -2.19. The molecule has 0 spiro atoms. The maximum absolute atomic E-state index is 13.3. The molecule has 4 rings (SSSR count). The molecule has 0 aliphatic carbocycles. The fourth-order valence-corrected chi connectivity index (χ4v) is 5.35. The maximum atomic E-state index is 13.3. The summed E-state index contributed by atoms with van der Waals surface area (Å²) in [6.07, 6.45) is 1.53. The minimum atomic E-state index is -3.54. The molecule has 1 fully saturated rings. The number of methoxy groups -OCH3 is 1. The molecule has 8 heteroatoms. The van der Waals surface area contributed by atoms with Crippen LogP contribution in [0, 0.1) is 6.92 Å². The average Bonchev–Trinajstić information content (AvgIpc) is 3.43. The summed E-state index contributed by atoms with van der Waals surface area (Å²) in [4.78, 5) is 0. The lowest BCUT2D eigenvalue weighted by molar-refractivity contribution is 0.103. The Kier molecular flexibility index (Phi) is 6.11. The Hall–Kier alpha value is -2.71. The quantitative estimate of drug-likeness (QED) is 0.549. The fourth-order valence-electron chi connectivity index (χ4n) is 3.98. The van der Waals surface area contributed by atoms with Crippen LogP contribution < -0.4 is 4.74 Å². The molecule has 7 nitrogen and oxygen atoms in total. The third kappa shape index (κ3) is 4.22. The third-order valence-corrected chi connectivity index (χ3v) is 7.77. The average molecular weight is 442 g/mol. The minimum absolute atomic E-state index is 0.222.